The molecule has 0 bridgehead atoms. The fourth-order valence-electron chi connectivity index (χ4n) is 9.99. The maximum absolute atomic E-state index is 13.6. The largest absolute Gasteiger partial charge is 0.346 e. The van der Waals surface area contributed by atoms with Crippen molar-refractivity contribution in [2.24, 2.45) is 21.7 Å². The van der Waals surface area contributed by atoms with Crippen LogP contribution in [0.2, 0.25) is 0 Å². The van der Waals surface area contributed by atoms with Gasteiger partial charge in [0.25, 0.3) is 0 Å². The van der Waals surface area contributed by atoms with Crippen LogP contribution in [-0.2, 0) is 64.9 Å². The standard InChI is InChI=1S/C29H34N2O4S.C23H26IN2O3S.C7H11ClO/c1-2-30-36(34,35)28-18-10-16-24-23(15-9-17-25(24)28)20-27(32)26(19-21-11-5-3-6-12-21)31-29(33)22-13-7-4-8-14-22;1-2-26-30(28,29)23-13-7-11-20-18(10-6-12-21(20)23)15-22(27)19(16-24-25)14-17-8-4-3-5-9-17;8-7(9)6-4-2-1-3-5-6/h3,5-6,9-12,15-18,22,26,30H,2,4,7-8,13-14,19-20H2,1H3,(H,31,33);3-13,19,26H,2,14-16,25H2,1H3;6H,1-5H2/q;-1;/t26-;19-;/m01./s1. The van der Waals surface area contributed by atoms with E-state index in [2.05, 4.69) is 14.8 Å². The van der Waals surface area contributed by atoms with Crippen molar-refractivity contribution >= 4 is 75.9 Å². The number of Topliss-reactive ketones (excluding diaryl/α,β-unsaturated/α-hetero) is 2. The van der Waals surface area contributed by atoms with Crippen molar-refractivity contribution in [1.82, 2.24) is 14.8 Å². The van der Waals surface area contributed by atoms with Crippen molar-refractivity contribution in [1.29, 1.82) is 0 Å². The molecule has 2 fully saturated rings. The van der Waals surface area contributed by atoms with E-state index in [0.717, 1.165) is 82.4 Å². The van der Waals surface area contributed by atoms with E-state index < -0.39 is 47.6 Å². The Hall–Kier alpha value is -4.88. The second-order valence-electron chi connectivity index (χ2n) is 19.2. The molecule has 2 saturated carbocycles. The number of alkyl halides is 1. The molecule has 2 aliphatic carbocycles. The summed E-state index contributed by atoms with van der Waals surface area (Å²) in [5.41, 5.74) is 3.71. The van der Waals surface area contributed by atoms with Gasteiger partial charge in [-0.05, 0) is 66.3 Å². The summed E-state index contributed by atoms with van der Waals surface area (Å²) >= 11 is 4.81. The van der Waals surface area contributed by atoms with Crippen molar-refractivity contribution in [2.75, 3.05) is 17.5 Å². The van der Waals surface area contributed by atoms with E-state index in [1.54, 1.807) is 56.3 Å². The van der Waals surface area contributed by atoms with Gasteiger partial charge in [-0.3, -0.25) is 14.4 Å². The van der Waals surface area contributed by atoms with Crippen LogP contribution < -0.4 is 40.2 Å². The van der Waals surface area contributed by atoms with Gasteiger partial charge in [-0.2, -0.15) is 0 Å². The van der Waals surface area contributed by atoms with E-state index in [1.807, 2.05) is 91.0 Å². The molecule has 75 heavy (non-hydrogen) atoms. The third kappa shape index (κ3) is 17.3. The number of amides is 1. The molecule has 16 heteroatoms. The number of ketones is 2. The Balaban J connectivity index is 0.000000211. The Morgan fingerprint density at radius 3 is 1.41 bits per heavy atom. The predicted octanol–water partition coefficient (Wildman–Crippen LogP) is 6.96. The number of halogens is 2. The number of hydrogen-bond donors (Lipinski definition) is 4. The Morgan fingerprint density at radius 1 is 0.547 bits per heavy atom. The number of fused-ring (bicyclic) bond motifs is 2. The van der Waals surface area contributed by atoms with E-state index in [-0.39, 0.29) is 63.1 Å². The van der Waals surface area contributed by atoms with Gasteiger partial charge in [-0.25, -0.2) is 13.1 Å². The quantitative estimate of drug-likeness (QED) is 0.0255. The third-order valence-corrected chi connectivity index (χ3v) is 19.0. The van der Waals surface area contributed by atoms with E-state index in [9.17, 15) is 36.0 Å². The molecular weight excluding hydrogens is 1120 g/mol. The number of carbonyl (C=O) groups is 4. The van der Waals surface area contributed by atoms with E-state index >= 15 is 0 Å². The maximum atomic E-state index is 13.6. The smallest absolute Gasteiger partial charge is 0.241 e. The zero-order valence-electron chi connectivity index (χ0n) is 42.9. The molecule has 6 aromatic rings. The molecular formula is C59H71ClIN4O8S2-. The molecule has 0 radical (unpaired) electrons. The molecule has 12 nitrogen and oxygen atoms in total. The van der Waals surface area contributed by atoms with Gasteiger partial charge in [-0.15, -0.1) is 0 Å². The van der Waals surface area contributed by atoms with Gasteiger partial charge >= 0.3 is 189 Å². The van der Waals surface area contributed by atoms with Crippen molar-refractivity contribution < 1.29 is 57.5 Å². The summed E-state index contributed by atoms with van der Waals surface area (Å²) in [6, 6.07) is 40.3. The minimum atomic E-state index is -3.66. The first kappa shape index (κ1) is 59.4. The molecule has 1 amide bonds. The summed E-state index contributed by atoms with van der Waals surface area (Å²) in [4.78, 5) is 50.8. The Labute approximate surface area is 459 Å². The number of carbonyl (C=O) groups excluding carboxylic acids is 4. The van der Waals surface area contributed by atoms with Gasteiger partial charge in [0.05, 0.1) is 10.9 Å². The monoisotopic (exact) mass is 1190 g/mol. The first-order valence-electron chi connectivity index (χ1n) is 26.1. The zero-order chi connectivity index (χ0) is 53.8. The fraction of sp³-hybridized carbons (Fsp3) is 0.390. The molecule has 8 rings (SSSR count). The molecule has 0 heterocycles. The molecule has 2 aliphatic rings. The second kappa shape index (κ2) is 29.6. The normalized spacial score (nSPS) is 15.2. The van der Waals surface area contributed by atoms with Gasteiger partial charge in [0.15, 0.2) is 5.78 Å². The first-order valence-corrected chi connectivity index (χ1v) is 32.2. The van der Waals surface area contributed by atoms with E-state index in [1.165, 1.54) is 19.3 Å². The van der Waals surface area contributed by atoms with Crippen molar-refractivity contribution in [3.63, 3.8) is 0 Å². The summed E-state index contributed by atoms with van der Waals surface area (Å²) < 4.78 is 62.4. The third-order valence-electron chi connectivity index (χ3n) is 13.9. The minimum absolute atomic E-state index is 0.0405. The minimum Gasteiger partial charge on any atom is -0.346 e. The van der Waals surface area contributed by atoms with Crippen LogP contribution in [0.4, 0.5) is 0 Å². The van der Waals surface area contributed by atoms with Crippen molar-refractivity contribution in [2.45, 2.75) is 120 Å². The predicted molar refractivity (Wildman–Crippen MR) is 296 cm³/mol. The fourth-order valence-corrected chi connectivity index (χ4v) is 14.1. The van der Waals surface area contributed by atoms with Gasteiger partial charge in [0, 0.05) is 30.2 Å². The number of sulfonamides is 2. The Kier molecular flexibility index (Phi) is 23.4. The van der Waals surface area contributed by atoms with Gasteiger partial charge in [-0.1, -0.05) is 106 Å². The molecule has 0 saturated heterocycles. The number of hydrogen-bond acceptors (Lipinski definition) is 9. The maximum Gasteiger partial charge on any atom is 0.241 e. The summed E-state index contributed by atoms with van der Waals surface area (Å²) in [5.74, 6) is 0.0450. The van der Waals surface area contributed by atoms with Crippen LogP contribution >= 0.6 is 11.6 Å². The summed E-state index contributed by atoms with van der Waals surface area (Å²) in [7, 11) is -7.25. The summed E-state index contributed by atoms with van der Waals surface area (Å²) in [6.45, 7) is 4.10. The van der Waals surface area contributed by atoms with E-state index in [4.69, 9.17) is 15.5 Å². The van der Waals surface area contributed by atoms with E-state index in [0.29, 0.717) is 36.7 Å². The van der Waals surface area contributed by atoms with Crippen molar-refractivity contribution in [3.05, 3.63) is 156 Å². The summed E-state index contributed by atoms with van der Waals surface area (Å²) in [6.07, 6.45) is 12.1. The molecule has 5 N–H and O–H groups in total. The molecule has 402 valence electrons. The number of nitrogens with one attached hydrogen (secondary N) is 3. The number of nitrogens with two attached hydrogens (primary N) is 1. The topological polar surface area (TPSA) is 199 Å². The number of rotatable bonds is 21. The van der Waals surface area contributed by atoms with Gasteiger partial charge in [0.2, 0.25) is 21.2 Å². The Bertz CT molecular complexity index is 3080. The average molecular weight is 1190 g/mol. The molecule has 0 unspecified atom stereocenters. The molecule has 0 aliphatic heterocycles. The zero-order valence-corrected chi connectivity index (χ0v) is 47.5. The molecule has 0 spiro atoms. The number of benzene rings is 6. The van der Waals surface area contributed by atoms with Gasteiger partial charge < -0.3 is 5.32 Å². The van der Waals surface area contributed by atoms with Crippen LogP contribution in [0, 0.1) is 17.8 Å². The average Bonchev–Trinajstić information content (AvgIpc) is 3.42. The van der Waals surface area contributed by atoms with Crippen LogP contribution in [0.5, 0.6) is 0 Å². The van der Waals surface area contributed by atoms with Gasteiger partial charge in [0.1, 0.15) is 0 Å². The second-order valence-corrected chi connectivity index (χ2v) is 24.9. The molecule has 0 aromatic heterocycles. The molecule has 6 aromatic carbocycles. The van der Waals surface area contributed by atoms with Crippen LogP contribution in [0.1, 0.15) is 100 Å². The first-order chi connectivity index (χ1) is 36.1. The molecule has 2 atom stereocenters. The van der Waals surface area contributed by atoms with Crippen LogP contribution in [0.15, 0.2) is 143 Å². The Morgan fingerprint density at radius 2 is 0.973 bits per heavy atom. The van der Waals surface area contributed by atoms with Crippen LogP contribution in [0.3, 0.4) is 0 Å². The SMILES string of the molecule is CCNS(=O)(=O)c1cccc2c(CC(=O)[C@@H](C[I-]N)Cc3ccccc3)cccc12.CCNS(=O)(=O)c1cccc2c(CC(=O)[C@H](Cc3ccccc3)NC(=O)C3CCCCC3)cccc12.O=C(Cl)C1CCCCC1. The van der Waals surface area contributed by atoms with Crippen LogP contribution in [-0.4, -0.2) is 63.1 Å². The summed E-state index contributed by atoms with van der Waals surface area (Å²) in [5, 5.41) is 5.66. The van der Waals surface area contributed by atoms with Crippen molar-refractivity contribution in [3.8, 4) is 0 Å². The van der Waals surface area contributed by atoms with Crippen LogP contribution in [0.25, 0.3) is 21.5 Å².